The van der Waals surface area contributed by atoms with E-state index in [-0.39, 0.29) is 41.5 Å². The number of hydrogen-bond acceptors (Lipinski definition) is 5. The number of nitrogens with one attached hydrogen (secondary N) is 1. The molecule has 2 heterocycles. The third-order valence-electron chi connectivity index (χ3n) is 4.89. The number of carbonyl (C=O) groups is 1. The van der Waals surface area contributed by atoms with E-state index in [2.05, 4.69) is 9.71 Å². The summed E-state index contributed by atoms with van der Waals surface area (Å²) >= 11 is 0. The second kappa shape index (κ2) is 8.33. The van der Waals surface area contributed by atoms with Crippen LogP contribution in [0.15, 0.2) is 28.3 Å². The second-order valence-corrected chi connectivity index (χ2v) is 8.28. The summed E-state index contributed by atoms with van der Waals surface area (Å²) in [7, 11) is -3.51. The molecule has 1 fully saturated rings. The molecule has 0 spiro atoms. The lowest BCUT2D eigenvalue weighted by molar-refractivity contribution is -0.118. The van der Waals surface area contributed by atoms with Crippen LogP contribution in [-0.2, 0) is 14.8 Å². The highest BCUT2D eigenvalue weighted by molar-refractivity contribution is 7.90. The van der Waals surface area contributed by atoms with E-state index < -0.39 is 10.0 Å². The van der Waals surface area contributed by atoms with Crippen LogP contribution in [0, 0.1) is 5.92 Å². The van der Waals surface area contributed by atoms with Gasteiger partial charge in [-0.15, -0.1) is 16.8 Å². The highest BCUT2D eigenvalue weighted by atomic mass is 35.5. The zero-order valence-corrected chi connectivity index (χ0v) is 15.7. The number of fused-ring (bicyclic) bond motifs is 1. The standard InChI is InChI=1S/C16H24N4O3S.ClH/c17-11-14(12-5-2-1-3-6-12)18-16(21)13-7-4-8-20-9-10-24(22,23)19-15(13)20;/h4,7-8,12,14H,1-3,5-6,9-11,17H2,(H,18,21);1H. The average molecular weight is 389 g/mol. The largest absolute Gasteiger partial charge is 0.348 e. The number of rotatable bonds is 4. The number of nitrogens with zero attached hydrogens (tertiary/aromatic N) is 2. The van der Waals surface area contributed by atoms with Crippen molar-refractivity contribution in [1.29, 1.82) is 0 Å². The van der Waals surface area contributed by atoms with E-state index >= 15 is 0 Å². The number of amides is 1. The van der Waals surface area contributed by atoms with Gasteiger partial charge in [0, 0.05) is 25.3 Å². The van der Waals surface area contributed by atoms with E-state index in [0.717, 1.165) is 12.8 Å². The lowest BCUT2D eigenvalue weighted by Crippen LogP contribution is -2.49. The van der Waals surface area contributed by atoms with Crippen LogP contribution in [0.1, 0.15) is 32.1 Å². The number of halogens is 1. The van der Waals surface area contributed by atoms with Crippen LogP contribution in [0.5, 0.6) is 0 Å². The predicted molar refractivity (Wildman–Crippen MR) is 100.0 cm³/mol. The molecular weight excluding hydrogens is 364 g/mol. The number of nitrogens with two attached hydrogens (primary N) is 1. The Morgan fingerprint density at radius 2 is 2.08 bits per heavy atom. The molecule has 1 amide bonds. The molecule has 0 radical (unpaired) electrons. The monoisotopic (exact) mass is 388 g/mol. The minimum Gasteiger partial charge on any atom is -0.348 e. The Kier molecular flexibility index (Phi) is 6.65. The van der Waals surface area contributed by atoms with Gasteiger partial charge >= 0.3 is 0 Å². The van der Waals surface area contributed by atoms with Crippen molar-refractivity contribution in [3.8, 4) is 0 Å². The smallest absolute Gasteiger partial charge is 0.256 e. The second-order valence-electron chi connectivity index (χ2n) is 6.53. The predicted octanol–water partition coefficient (Wildman–Crippen LogP) is 0.930. The zero-order chi connectivity index (χ0) is 17.2. The number of sulfonamides is 1. The highest BCUT2D eigenvalue weighted by Crippen LogP contribution is 2.26. The zero-order valence-electron chi connectivity index (χ0n) is 14.1. The van der Waals surface area contributed by atoms with Crippen LogP contribution in [-0.4, -0.2) is 49.9 Å². The summed E-state index contributed by atoms with van der Waals surface area (Å²) in [5.41, 5.74) is 6.16. The molecule has 1 saturated carbocycles. The normalized spacial score (nSPS) is 23.6. The summed E-state index contributed by atoms with van der Waals surface area (Å²) in [6.45, 7) is 0.694. The van der Waals surface area contributed by atoms with Crippen LogP contribution in [0.4, 0.5) is 0 Å². The summed E-state index contributed by atoms with van der Waals surface area (Å²) in [5.74, 6) is 0.255. The van der Waals surface area contributed by atoms with Crippen molar-refractivity contribution >= 4 is 34.2 Å². The van der Waals surface area contributed by atoms with Gasteiger partial charge in [-0.05, 0) is 30.9 Å². The summed E-state index contributed by atoms with van der Waals surface area (Å²) in [6, 6.07) is -0.0844. The van der Waals surface area contributed by atoms with E-state index in [1.165, 1.54) is 19.3 Å². The minimum atomic E-state index is -3.51. The fraction of sp³-hybridized carbons (Fsp3) is 0.625. The maximum absolute atomic E-state index is 12.7. The number of hydrogen-bond donors (Lipinski definition) is 2. The molecule has 0 aromatic carbocycles. The quantitative estimate of drug-likeness (QED) is 0.745. The average Bonchev–Trinajstić information content (AvgIpc) is 2.59. The van der Waals surface area contributed by atoms with Gasteiger partial charge in [0.05, 0.1) is 11.3 Å². The molecule has 3 N–H and O–H groups in total. The fourth-order valence-electron chi connectivity index (χ4n) is 3.55. The number of carbonyl (C=O) groups excluding carboxylic acids is 1. The molecule has 3 aliphatic rings. The van der Waals surface area contributed by atoms with Crippen molar-refractivity contribution in [2.45, 2.75) is 38.1 Å². The van der Waals surface area contributed by atoms with Gasteiger partial charge in [0.1, 0.15) is 0 Å². The molecule has 0 bridgehead atoms. The molecule has 9 heteroatoms. The van der Waals surface area contributed by atoms with E-state index in [1.54, 1.807) is 23.3 Å². The highest BCUT2D eigenvalue weighted by Gasteiger charge is 2.32. The first kappa shape index (κ1) is 19.9. The number of allylic oxidation sites excluding steroid dienone is 2. The summed E-state index contributed by atoms with van der Waals surface area (Å²) in [5, 5.41) is 3.00. The van der Waals surface area contributed by atoms with Crippen molar-refractivity contribution in [3.05, 3.63) is 23.9 Å². The molecule has 0 aromatic rings. The first-order valence-corrected chi connectivity index (χ1v) is 10.1. The summed E-state index contributed by atoms with van der Waals surface area (Å²) in [6.07, 6.45) is 10.8. The Labute approximate surface area is 154 Å². The molecule has 0 saturated heterocycles. The first-order chi connectivity index (χ1) is 11.5. The van der Waals surface area contributed by atoms with Crippen LogP contribution in [0.25, 0.3) is 0 Å². The molecule has 140 valence electrons. The van der Waals surface area contributed by atoms with E-state index in [9.17, 15) is 13.2 Å². The van der Waals surface area contributed by atoms with Gasteiger partial charge in [0.2, 0.25) is 0 Å². The van der Waals surface area contributed by atoms with Gasteiger partial charge in [-0.3, -0.25) is 4.79 Å². The van der Waals surface area contributed by atoms with Gasteiger partial charge in [0.25, 0.3) is 15.9 Å². The van der Waals surface area contributed by atoms with Crippen LogP contribution < -0.4 is 11.1 Å². The molecular formula is C16H25ClN4O3S. The minimum absolute atomic E-state index is 0. The summed E-state index contributed by atoms with van der Waals surface area (Å²) in [4.78, 5) is 14.4. The Hall–Kier alpha value is -1.38. The molecule has 1 atom stereocenters. The van der Waals surface area contributed by atoms with E-state index in [0.29, 0.717) is 19.0 Å². The Morgan fingerprint density at radius 1 is 1.36 bits per heavy atom. The molecule has 7 nitrogen and oxygen atoms in total. The van der Waals surface area contributed by atoms with Crippen molar-refractivity contribution in [2.24, 2.45) is 16.0 Å². The van der Waals surface area contributed by atoms with Gasteiger partial charge in [-0.25, -0.2) is 8.42 Å². The Morgan fingerprint density at radius 3 is 2.76 bits per heavy atom. The van der Waals surface area contributed by atoms with E-state index in [1.807, 2.05) is 0 Å². The maximum atomic E-state index is 12.7. The topological polar surface area (TPSA) is 105 Å². The SMILES string of the molecule is Cl.NCC(NC(=O)C1=CC=CN2CCS(=O)(=O)N=C12)C1CCCCC1. The molecule has 1 aliphatic carbocycles. The third-order valence-corrected chi connectivity index (χ3v) is 6.04. The molecule has 3 rings (SSSR count). The van der Waals surface area contributed by atoms with Crippen LogP contribution in [0.2, 0.25) is 0 Å². The Balaban J connectivity index is 0.00000225. The lowest BCUT2D eigenvalue weighted by Gasteiger charge is -2.32. The Bertz CT molecular complexity index is 696. The van der Waals surface area contributed by atoms with Crippen molar-refractivity contribution in [3.63, 3.8) is 0 Å². The van der Waals surface area contributed by atoms with Crippen LogP contribution in [0.3, 0.4) is 0 Å². The summed E-state index contributed by atoms with van der Waals surface area (Å²) < 4.78 is 27.4. The van der Waals surface area contributed by atoms with Gasteiger partial charge in [-0.2, -0.15) is 0 Å². The van der Waals surface area contributed by atoms with Gasteiger partial charge < -0.3 is 16.0 Å². The maximum Gasteiger partial charge on any atom is 0.256 e. The molecule has 1 unspecified atom stereocenters. The van der Waals surface area contributed by atoms with Crippen LogP contribution >= 0.6 is 12.4 Å². The molecule has 2 aliphatic heterocycles. The first-order valence-electron chi connectivity index (χ1n) is 8.49. The van der Waals surface area contributed by atoms with Crippen molar-refractivity contribution in [2.75, 3.05) is 18.8 Å². The van der Waals surface area contributed by atoms with Crippen molar-refractivity contribution < 1.29 is 13.2 Å². The van der Waals surface area contributed by atoms with Gasteiger partial charge in [-0.1, -0.05) is 19.3 Å². The van der Waals surface area contributed by atoms with Gasteiger partial charge in [0.15, 0.2) is 5.84 Å². The van der Waals surface area contributed by atoms with Crippen molar-refractivity contribution in [1.82, 2.24) is 10.2 Å². The molecule has 0 aromatic heterocycles. The third kappa shape index (κ3) is 4.62. The number of amidine groups is 1. The lowest BCUT2D eigenvalue weighted by atomic mass is 9.83. The fourth-order valence-corrected chi connectivity index (χ4v) is 4.53. The van der Waals surface area contributed by atoms with E-state index in [4.69, 9.17) is 5.73 Å². The molecule has 25 heavy (non-hydrogen) atoms.